The molecule has 0 unspecified atom stereocenters. The van der Waals surface area contributed by atoms with E-state index < -0.39 is 0 Å². The smallest absolute Gasteiger partial charge is 0.191 e. The molecule has 1 aromatic carbocycles. The maximum absolute atomic E-state index is 5.69. The van der Waals surface area contributed by atoms with Crippen LogP contribution >= 0.6 is 0 Å². The standard InChI is InChI=1S/C19H28N6O/c1-20-19(21-12-8-14-26-16-9-4-2-5-10-16)22-15-18-24-23-17-11-6-3-7-13-25(17)18/h2,4-5,9-10H,3,6-8,11-15H2,1H3,(H2,20,21,22). The summed E-state index contributed by atoms with van der Waals surface area (Å²) in [7, 11) is 1.78. The fraction of sp³-hybridized carbons (Fsp3) is 0.526. The van der Waals surface area contributed by atoms with Crippen LogP contribution in [0.4, 0.5) is 0 Å². The number of aromatic nitrogens is 3. The third-order valence-electron chi connectivity index (χ3n) is 4.45. The number of ether oxygens (including phenoxy) is 1. The molecule has 1 aliphatic heterocycles. The minimum Gasteiger partial charge on any atom is -0.494 e. The Morgan fingerprint density at radius 2 is 2.04 bits per heavy atom. The van der Waals surface area contributed by atoms with Crippen LogP contribution in [0, 0.1) is 0 Å². The molecule has 2 aromatic rings. The van der Waals surface area contributed by atoms with Crippen molar-refractivity contribution in [2.24, 2.45) is 4.99 Å². The second kappa shape index (κ2) is 9.79. The number of nitrogens with one attached hydrogen (secondary N) is 2. The number of rotatable bonds is 7. The molecule has 3 rings (SSSR count). The van der Waals surface area contributed by atoms with Gasteiger partial charge in [-0.3, -0.25) is 4.99 Å². The number of hydrogen-bond donors (Lipinski definition) is 2. The molecule has 7 heteroatoms. The van der Waals surface area contributed by atoms with Crippen LogP contribution in [0.1, 0.15) is 37.3 Å². The van der Waals surface area contributed by atoms with Gasteiger partial charge in [-0.15, -0.1) is 10.2 Å². The largest absolute Gasteiger partial charge is 0.494 e. The van der Waals surface area contributed by atoms with E-state index in [0.717, 1.165) is 49.3 Å². The summed E-state index contributed by atoms with van der Waals surface area (Å²) in [5, 5.41) is 15.3. The predicted octanol–water partition coefficient (Wildman–Crippen LogP) is 2.14. The molecule has 140 valence electrons. The van der Waals surface area contributed by atoms with Gasteiger partial charge in [0.2, 0.25) is 0 Å². The molecule has 0 saturated heterocycles. The van der Waals surface area contributed by atoms with Gasteiger partial charge in [0.05, 0.1) is 13.2 Å². The molecule has 7 nitrogen and oxygen atoms in total. The lowest BCUT2D eigenvalue weighted by Gasteiger charge is -2.13. The second-order valence-electron chi connectivity index (χ2n) is 6.36. The van der Waals surface area contributed by atoms with Crippen molar-refractivity contribution in [2.75, 3.05) is 20.2 Å². The van der Waals surface area contributed by atoms with Crippen LogP contribution in [0.25, 0.3) is 0 Å². The summed E-state index contributed by atoms with van der Waals surface area (Å²) in [6.07, 6.45) is 5.61. The van der Waals surface area contributed by atoms with Gasteiger partial charge < -0.3 is 19.9 Å². The molecule has 2 heterocycles. The van der Waals surface area contributed by atoms with E-state index in [-0.39, 0.29) is 0 Å². The van der Waals surface area contributed by atoms with Crippen molar-refractivity contribution in [1.29, 1.82) is 0 Å². The Labute approximate surface area is 154 Å². The van der Waals surface area contributed by atoms with Crippen molar-refractivity contribution in [3.8, 4) is 5.75 Å². The molecule has 0 spiro atoms. The third-order valence-corrected chi connectivity index (χ3v) is 4.45. The molecule has 1 aromatic heterocycles. The molecule has 0 aliphatic carbocycles. The van der Waals surface area contributed by atoms with Gasteiger partial charge in [0.1, 0.15) is 11.6 Å². The number of aryl methyl sites for hydroxylation is 1. The summed E-state index contributed by atoms with van der Waals surface area (Å²) in [6, 6.07) is 9.87. The second-order valence-corrected chi connectivity index (χ2v) is 6.36. The highest BCUT2D eigenvalue weighted by atomic mass is 16.5. The summed E-state index contributed by atoms with van der Waals surface area (Å²) in [6.45, 7) is 3.12. The number of fused-ring (bicyclic) bond motifs is 1. The summed E-state index contributed by atoms with van der Waals surface area (Å²) in [5.74, 6) is 3.77. The van der Waals surface area contributed by atoms with Gasteiger partial charge in [0.15, 0.2) is 11.8 Å². The Bertz CT molecular complexity index is 697. The van der Waals surface area contributed by atoms with E-state index in [1.165, 1.54) is 19.3 Å². The summed E-state index contributed by atoms with van der Waals surface area (Å²) >= 11 is 0. The van der Waals surface area contributed by atoms with Gasteiger partial charge in [-0.2, -0.15) is 0 Å². The Hall–Kier alpha value is -2.57. The first-order valence-corrected chi connectivity index (χ1v) is 9.40. The molecule has 0 saturated carbocycles. The quantitative estimate of drug-likeness (QED) is 0.452. The van der Waals surface area contributed by atoms with Crippen LogP contribution in [0.2, 0.25) is 0 Å². The molecule has 2 N–H and O–H groups in total. The van der Waals surface area contributed by atoms with Crippen molar-refractivity contribution in [3.05, 3.63) is 42.0 Å². The van der Waals surface area contributed by atoms with E-state index in [2.05, 4.69) is 30.4 Å². The van der Waals surface area contributed by atoms with Gasteiger partial charge in [-0.05, 0) is 31.4 Å². The van der Waals surface area contributed by atoms with Crippen LogP contribution in [0.15, 0.2) is 35.3 Å². The third kappa shape index (κ3) is 5.21. The van der Waals surface area contributed by atoms with Crippen LogP contribution in [0.5, 0.6) is 5.75 Å². The molecular weight excluding hydrogens is 328 g/mol. The Balaban J connectivity index is 1.38. The van der Waals surface area contributed by atoms with E-state index in [0.29, 0.717) is 13.2 Å². The zero-order chi connectivity index (χ0) is 18.0. The van der Waals surface area contributed by atoms with Gasteiger partial charge in [-0.25, -0.2) is 0 Å². The summed E-state index contributed by atoms with van der Waals surface area (Å²) < 4.78 is 7.94. The lowest BCUT2D eigenvalue weighted by Crippen LogP contribution is -2.38. The van der Waals surface area contributed by atoms with E-state index in [1.54, 1.807) is 7.05 Å². The van der Waals surface area contributed by atoms with Crippen LogP contribution in [-0.2, 0) is 19.5 Å². The van der Waals surface area contributed by atoms with Crippen LogP contribution < -0.4 is 15.4 Å². The van der Waals surface area contributed by atoms with E-state index >= 15 is 0 Å². The number of nitrogens with zero attached hydrogens (tertiary/aromatic N) is 4. The highest BCUT2D eigenvalue weighted by Crippen LogP contribution is 2.14. The number of aliphatic imine (C=N–C) groups is 1. The first-order chi connectivity index (χ1) is 12.9. The molecule has 0 radical (unpaired) electrons. The maximum Gasteiger partial charge on any atom is 0.191 e. The van der Waals surface area contributed by atoms with E-state index in [4.69, 9.17) is 4.74 Å². The van der Waals surface area contributed by atoms with Crippen LogP contribution in [0.3, 0.4) is 0 Å². The Kier molecular flexibility index (Phi) is 6.87. The van der Waals surface area contributed by atoms with Crippen molar-refractivity contribution < 1.29 is 4.74 Å². The highest BCUT2D eigenvalue weighted by Gasteiger charge is 2.14. The van der Waals surface area contributed by atoms with Gasteiger partial charge in [0, 0.05) is 26.6 Å². The minimum absolute atomic E-state index is 0.632. The van der Waals surface area contributed by atoms with Gasteiger partial charge >= 0.3 is 0 Å². The topological polar surface area (TPSA) is 76.4 Å². The predicted molar refractivity (Wildman–Crippen MR) is 102 cm³/mol. The molecule has 0 fully saturated rings. The van der Waals surface area contributed by atoms with Crippen molar-refractivity contribution in [1.82, 2.24) is 25.4 Å². The first-order valence-electron chi connectivity index (χ1n) is 9.40. The monoisotopic (exact) mass is 356 g/mol. The Morgan fingerprint density at radius 1 is 1.15 bits per heavy atom. The lowest BCUT2D eigenvalue weighted by atomic mass is 10.2. The average molecular weight is 356 g/mol. The number of guanidine groups is 1. The van der Waals surface area contributed by atoms with Crippen molar-refractivity contribution >= 4 is 5.96 Å². The molecule has 0 bridgehead atoms. The van der Waals surface area contributed by atoms with Gasteiger partial charge in [0.25, 0.3) is 0 Å². The van der Waals surface area contributed by atoms with Crippen molar-refractivity contribution in [2.45, 2.75) is 45.2 Å². The highest BCUT2D eigenvalue weighted by molar-refractivity contribution is 5.79. The SMILES string of the molecule is CN=C(NCCCOc1ccccc1)NCc1nnc2n1CCCCC2. The summed E-state index contributed by atoms with van der Waals surface area (Å²) in [5.41, 5.74) is 0. The fourth-order valence-electron chi connectivity index (χ4n) is 3.05. The first kappa shape index (κ1) is 18.2. The normalized spacial score (nSPS) is 14.4. The fourth-order valence-corrected chi connectivity index (χ4v) is 3.05. The van der Waals surface area contributed by atoms with Crippen LogP contribution in [-0.4, -0.2) is 40.9 Å². The zero-order valence-electron chi connectivity index (χ0n) is 15.4. The zero-order valence-corrected chi connectivity index (χ0v) is 15.4. The maximum atomic E-state index is 5.69. The molecule has 0 amide bonds. The lowest BCUT2D eigenvalue weighted by molar-refractivity contribution is 0.311. The van der Waals surface area contributed by atoms with E-state index in [9.17, 15) is 0 Å². The molecule has 26 heavy (non-hydrogen) atoms. The minimum atomic E-state index is 0.632. The summed E-state index contributed by atoms with van der Waals surface area (Å²) in [4.78, 5) is 4.27. The number of benzene rings is 1. The number of para-hydroxylation sites is 1. The number of hydrogen-bond acceptors (Lipinski definition) is 4. The average Bonchev–Trinajstić information content (AvgIpc) is 2.91. The Morgan fingerprint density at radius 3 is 2.88 bits per heavy atom. The van der Waals surface area contributed by atoms with E-state index in [1.807, 2.05) is 30.3 Å². The van der Waals surface area contributed by atoms with Crippen molar-refractivity contribution in [3.63, 3.8) is 0 Å². The molecular formula is C19H28N6O. The van der Waals surface area contributed by atoms with Gasteiger partial charge in [-0.1, -0.05) is 24.6 Å². The molecule has 1 aliphatic rings. The molecule has 0 atom stereocenters.